The molecular formula is C27H35N3O5S. The van der Waals surface area contributed by atoms with E-state index in [-0.39, 0.29) is 43.2 Å². The van der Waals surface area contributed by atoms with Crippen molar-refractivity contribution in [2.75, 3.05) is 24.7 Å². The van der Waals surface area contributed by atoms with Gasteiger partial charge in [0.1, 0.15) is 24.0 Å². The van der Waals surface area contributed by atoms with Gasteiger partial charge in [-0.05, 0) is 80.7 Å². The molecule has 4 rings (SSSR count). The lowest BCUT2D eigenvalue weighted by Gasteiger charge is -2.30. The summed E-state index contributed by atoms with van der Waals surface area (Å²) in [7, 11) is 0. The van der Waals surface area contributed by atoms with Gasteiger partial charge in [0, 0.05) is 18.3 Å². The Morgan fingerprint density at radius 3 is 2.31 bits per heavy atom. The molecule has 1 saturated heterocycles. The van der Waals surface area contributed by atoms with Crippen LogP contribution >= 0.6 is 11.8 Å². The van der Waals surface area contributed by atoms with Crippen LogP contribution in [0.5, 0.6) is 11.6 Å². The molecule has 36 heavy (non-hydrogen) atoms. The Morgan fingerprint density at radius 2 is 1.64 bits per heavy atom. The van der Waals surface area contributed by atoms with Gasteiger partial charge < -0.3 is 25.2 Å². The number of benzene rings is 1. The van der Waals surface area contributed by atoms with Crippen LogP contribution in [0, 0.1) is 6.92 Å². The summed E-state index contributed by atoms with van der Waals surface area (Å²) < 4.78 is 11.6. The topological polar surface area (TPSA) is 110 Å². The van der Waals surface area contributed by atoms with E-state index < -0.39 is 0 Å². The minimum atomic E-state index is -0.190. The predicted octanol–water partition coefficient (Wildman–Crippen LogP) is 3.51. The summed E-state index contributed by atoms with van der Waals surface area (Å²) in [4.78, 5) is 30.4. The number of carbonyl (C=O) groups excluding carboxylic acids is 2. The molecular weight excluding hydrogens is 478 g/mol. The molecule has 1 aliphatic carbocycles. The molecule has 2 fully saturated rings. The molecule has 1 aliphatic heterocycles. The zero-order valence-electron chi connectivity index (χ0n) is 20.7. The van der Waals surface area contributed by atoms with Crippen LogP contribution in [0.25, 0.3) is 0 Å². The highest BCUT2D eigenvalue weighted by Gasteiger charge is 2.27. The van der Waals surface area contributed by atoms with E-state index in [4.69, 9.17) is 14.6 Å². The molecule has 2 amide bonds. The first-order valence-corrected chi connectivity index (χ1v) is 13.8. The molecule has 9 heteroatoms. The lowest BCUT2D eigenvalue weighted by atomic mass is 9.90. The van der Waals surface area contributed by atoms with Crippen LogP contribution in [0.15, 0.2) is 36.5 Å². The molecule has 0 unspecified atom stereocenters. The Labute approximate surface area is 216 Å². The molecule has 0 atom stereocenters. The summed E-state index contributed by atoms with van der Waals surface area (Å²) in [6.07, 6.45) is 6.86. The summed E-state index contributed by atoms with van der Waals surface area (Å²) in [6.45, 7) is 1.95. The second-order valence-electron chi connectivity index (χ2n) is 9.36. The number of hydrogen-bond donors (Lipinski definition) is 3. The highest BCUT2D eigenvalue weighted by atomic mass is 32.2. The number of aliphatic hydroxyl groups excluding tert-OH is 1. The smallest absolute Gasteiger partial charge is 0.256 e. The van der Waals surface area contributed by atoms with E-state index in [0.29, 0.717) is 22.8 Å². The van der Waals surface area contributed by atoms with Gasteiger partial charge in [-0.3, -0.25) is 9.59 Å². The van der Waals surface area contributed by atoms with Crippen molar-refractivity contribution < 1.29 is 24.2 Å². The Kier molecular flexibility index (Phi) is 9.47. The van der Waals surface area contributed by atoms with Gasteiger partial charge in [-0.25, -0.2) is 4.98 Å². The van der Waals surface area contributed by atoms with Crippen molar-refractivity contribution in [1.82, 2.24) is 15.6 Å². The molecule has 0 spiro atoms. The molecule has 2 aliphatic rings. The largest absolute Gasteiger partial charge is 0.490 e. The number of nitrogens with zero attached hydrogens (tertiary/aromatic N) is 1. The molecule has 8 nitrogen and oxygen atoms in total. The normalized spacial score (nSPS) is 20.4. The summed E-state index contributed by atoms with van der Waals surface area (Å²) >= 11 is 1.93. The number of aromatic nitrogens is 1. The molecule has 2 aromatic rings. The van der Waals surface area contributed by atoms with Gasteiger partial charge in [0.2, 0.25) is 5.88 Å². The number of rotatable bonds is 9. The molecule has 0 bridgehead atoms. The van der Waals surface area contributed by atoms with Crippen LogP contribution < -0.4 is 20.1 Å². The van der Waals surface area contributed by atoms with E-state index in [1.807, 2.05) is 24.8 Å². The number of aliphatic hydroxyl groups is 1. The average Bonchev–Trinajstić information content (AvgIpc) is 2.90. The van der Waals surface area contributed by atoms with Gasteiger partial charge in [-0.15, -0.1) is 0 Å². The molecule has 1 aromatic carbocycles. The monoisotopic (exact) mass is 513 g/mol. The van der Waals surface area contributed by atoms with Crippen molar-refractivity contribution >= 4 is 23.6 Å². The van der Waals surface area contributed by atoms with E-state index in [9.17, 15) is 9.59 Å². The number of aryl methyl sites for hydroxylation is 1. The van der Waals surface area contributed by atoms with Crippen molar-refractivity contribution in [1.29, 1.82) is 0 Å². The summed E-state index contributed by atoms with van der Waals surface area (Å²) in [5, 5.41) is 15.3. The Morgan fingerprint density at radius 1 is 1.00 bits per heavy atom. The maximum atomic E-state index is 13.2. The van der Waals surface area contributed by atoms with Gasteiger partial charge in [-0.1, -0.05) is 12.1 Å². The van der Waals surface area contributed by atoms with E-state index in [1.54, 1.807) is 30.5 Å². The van der Waals surface area contributed by atoms with Gasteiger partial charge in [-0.2, -0.15) is 11.8 Å². The molecule has 194 valence electrons. The van der Waals surface area contributed by atoms with Crippen molar-refractivity contribution in [2.24, 2.45) is 0 Å². The lowest BCUT2D eigenvalue weighted by Crippen LogP contribution is -2.44. The zero-order valence-corrected chi connectivity index (χ0v) is 21.5. The summed E-state index contributed by atoms with van der Waals surface area (Å²) in [5.74, 6) is 2.66. The second-order valence-corrected chi connectivity index (χ2v) is 10.6. The minimum Gasteiger partial charge on any atom is -0.490 e. The van der Waals surface area contributed by atoms with E-state index in [1.165, 1.54) is 0 Å². The Balaban J connectivity index is 1.30. The van der Waals surface area contributed by atoms with Crippen LogP contribution in [0.1, 0.15) is 64.8 Å². The van der Waals surface area contributed by atoms with Gasteiger partial charge in [0.25, 0.3) is 11.8 Å². The summed E-state index contributed by atoms with van der Waals surface area (Å²) in [6, 6.07) is 8.94. The Hall–Kier alpha value is -2.78. The van der Waals surface area contributed by atoms with Gasteiger partial charge in [0.05, 0.1) is 12.2 Å². The third-order valence-corrected chi connectivity index (χ3v) is 7.61. The number of para-hydroxylation sites is 1. The number of thioether (sulfide) groups is 1. The maximum absolute atomic E-state index is 13.2. The molecule has 1 aromatic heterocycles. The van der Waals surface area contributed by atoms with E-state index in [0.717, 1.165) is 55.6 Å². The van der Waals surface area contributed by atoms with Crippen LogP contribution in [0.3, 0.4) is 0 Å². The lowest BCUT2D eigenvalue weighted by molar-refractivity contribution is 0.0883. The number of amides is 2. The van der Waals surface area contributed by atoms with Crippen molar-refractivity contribution in [2.45, 2.75) is 63.6 Å². The fourth-order valence-corrected chi connectivity index (χ4v) is 5.67. The van der Waals surface area contributed by atoms with Crippen molar-refractivity contribution in [3.8, 4) is 11.6 Å². The van der Waals surface area contributed by atoms with Gasteiger partial charge >= 0.3 is 0 Å². The first kappa shape index (κ1) is 26.3. The van der Waals surface area contributed by atoms with Crippen LogP contribution in [0.2, 0.25) is 0 Å². The van der Waals surface area contributed by atoms with Gasteiger partial charge in [0.15, 0.2) is 0 Å². The predicted molar refractivity (Wildman–Crippen MR) is 140 cm³/mol. The first-order valence-electron chi connectivity index (χ1n) is 12.7. The SMILES string of the molecule is Cc1cnc(OC2CCSCC2)c(C(=O)N[C@H]2CC[C@@H](NC(=O)c3ccccc3OCCO)CC2)c1. The summed E-state index contributed by atoms with van der Waals surface area (Å²) in [5.41, 5.74) is 1.86. The molecule has 1 saturated carbocycles. The van der Waals surface area contributed by atoms with E-state index in [2.05, 4.69) is 15.6 Å². The van der Waals surface area contributed by atoms with Crippen molar-refractivity contribution in [3.05, 3.63) is 53.2 Å². The number of ether oxygens (including phenoxy) is 2. The zero-order chi connectivity index (χ0) is 25.3. The Bertz CT molecular complexity index is 1040. The van der Waals surface area contributed by atoms with E-state index >= 15 is 0 Å². The highest BCUT2D eigenvalue weighted by Crippen LogP contribution is 2.26. The van der Waals surface area contributed by atoms with Crippen LogP contribution in [-0.2, 0) is 0 Å². The second kappa shape index (κ2) is 13.0. The number of pyridine rings is 1. The molecule has 2 heterocycles. The third kappa shape index (κ3) is 7.13. The number of nitrogens with one attached hydrogen (secondary N) is 2. The maximum Gasteiger partial charge on any atom is 0.256 e. The van der Waals surface area contributed by atoms with Crippen LogP contribution in [0.4, 0.5) is 0 Å². The average molecular weight is 514 g/mol. The number of hydrogen-bond acceptors (Lipinski definition) is 7. The fraction of sp³-hybridized carbons (Fsp3) is 0.519. The van der Waals surface area contributed by atoms with Crippen molar-refractivity contribution in [3.63, 3.8) is 0 Å². The van der Waals surface area contributed by atoms with Crippen LogP contribution in [-0.4, -0.2) is 64.8 Å². The highest BCUT2D eigenvalue weighted by molar-refractivity contribution is 7.99. The quantitative estimate of drug-likeness (QED) is 0.471. The standard InChI is InChI=1S/C27H35N3O5S/c1-18-16-23(27(28-17-18)35-21-10-14-36-15-11-21)26(33)30-20-8-6-19(7-9-20)29-25(32)22-4-2-3-5-24(22)34-13-12-31/h2-5,16-17,19-21,31H,6-15H2,1H3,(H,29,32)(H,30,33)/t19-,20+. The molecule has 3 N–H and O–H groups in total. The first-order chi connectivity index (χ1) is 17.5. The molecule has 0 radical (unpaired) electrons. The minimum absolute atomic E-state index is 0.0280. The third-order valence-electron chi connectivity index (χ3n) is 6.56. The fourth-order valence-electron chi connectivity index (χ4n) is 4.61. The number of carbonyl (C=O) groups is 2.